The van der Waals surface area contributed by atoms with Crippen molar-refractivity contribution in [3.05, 3.63) is 48.6 Å². The van der Waals surface area contributed by atoms with Crippen molar-refractivity contribution in [2.24, 2.45) is 0 Å². The summed E-state index contributed by atoms with van der Waals surface area (Å²) < 4.78 is 33.6. The summed E-state index contributed by atoms with van der Waals surface area (Å²) in [6.07, 6.45) is 25.6. The van der Waals surface area contributed by atoms with Gasteiger partial charge in [-0.2, -0.15) is 0 Å². The van der Waals surface area contributed by atoms with Gasteiger partial charge in [0, 0.05) is 12.8 Å². The fraction of sp³-hybridized carbons (Fsp3) is 0.808. The zero-order chi connectivity index (χ0) is 48.9. The monoisotopic (exact) mass is 955 g/mol. The molecule has 0 aromatic carbocycles. The Bertz CT molecular complexity index is 1350. The molecule has 2 fully saturated rings. The molecule has 0 aromatic rings. The summed E-state index contributed by atoms with van der Waals surface area (Å²) in [5, 5.41) is 72.1. The molecule has 2 aliphatic rings. The first-order valence-corrected chi connectivity index (χ1v) is 25.7. The largest absolute Gasteiger partial charge is 0.462 e. The van der Waals surface area contributed by atoms with Gasteiger partial charge in [0.2, 0.25) is 0 Å². The number of hydrogen-bond donors (Lipinski definition) is 7. The average Bonchev–Trinajstić information content (AvgIpc) is 3.32. The van der Waals surface area contributed by atoms with Gasteiger partial charge in [-0.1, -0.05) is 140 Å². The molecule has 2 aliphatic heterocycles. The van der Waals surface area contributed by atoms with E-state index in [4.69, 9.17) is 28.4 Å². The maximum Gasteiger partial charge on any atom is 0.306 e. The second kappa shape index (κ2) is 39.2. The molecule has 388 valence electrons. The van der Waals surface area contributed by atoms with E-state index in [1.165, 1.54) is 32.1 Å². The lowest BCUT2D eigenvalue weighted by Crippen LogP contribution is -2.61. The van der Waals surface area contributed by atoms with Gasteiger partial charge < -0.3 is 64.2 Å². The molecule has 7 N–H and O–H groups in total. The highest BCUT2D eigenvalue weighted by Crippen LogP contribution is 2.26. The van der Waals surface area contributed by atoms with Crippen molar-refractivity contribution in [2.45, 2.75) is 242 Å². The molecule has 11 atom stereocenters. The van der Waals surface area contributed by atoms with Gasteiger partial charge in [0.15, 0.2) is 18.7 Å². The van der Waals surface area contributed by atoms with Crippen LogP contribution in [0.3, 0.4) is 0 Å². The summed E-state index contributed by atoms with van der Waals surface area (Å²) in [4.78, 5) is 25.8. The molecular weight excluding hydrogens is 865 g/mol. The first-order chi connectivity index (χ1) is 32.5. The molecule has 67 heavy (non-hydrogen) atoms. The first kappa shape index (κ1) is 60.6. The minimum atomic E-state index is -1.77. The van der Waals surface area contributed by atoms with Crippen LogP contribution in [0.25, 0.3) is 0 Å². The molecule has 15 nitrogen and oxygen atoms in total. The van der Waals surface area contributed by atoms with Crippen LogP contribution in [0.15, 0.2) is 48.6 Å². The predicted molar refractivity (Wildman–Crippen MR) is 257 cm³/mol. The van der Waals surface area contributed by atoms with E-state index in [2.05, 4.69) is 62.5 Å². The van der Waals surface area contributed by atoms with E-state index in [0.29, 0.717) is 12.8 Å². The Morgan fingerprint density at radius 3 is 1.49 bits per heavy atom. The molecule has 0 saturated carbocycles. The minimum Gasteiger partial charge on any atom is -0.462 e. The molecule has 0 amide bonds. The van der Waals surface area contributed by atoms with Crippen molar-refractivity contribution >= 4 is 11.9 Å². The Kier molecular flexibility index (Phi) is 35.5. The molecule has 0 radical (unpaired) electrons. The number of unbranched alkanes of at least 4 members (excludes halogenated alkanes) is 17. The third-order valence-electron chi connectivity index (χ3n) is 12.0. The van der Waals surface area contributed by atoms with Gasteiger partial charge in [-0.05, 0) is 70.6 Å². The summed E-state index contributed by atoms with van der Waals surface area (Å²) in [7, 11) is 0. The molecule has 0 bridgehead atoms. The molecule has 15 heteroatoms. The van der Waals surface area contributed by atoms with Crippen molar-refractivity contribution < 1.29 is 73.8 Å². The normalized spacial score (nSPS) is 26.3. The van der Waals surface area contributed by atoms with Gasteiger partial charge in [0.1, 0.15) is 55.4 Å². The van der Waals surface area contributed by atoms with E-state index >= 15 is 0 Å². The highest BCUT2D eigenvalue weighted by Gasteiger charge is 2.47. The number of carbonyl (C=O) groups excluding carboxylic acids is 2. The maximum absolute atomic E-state index is 13.0. The van der Waals surface area contributed by atoms with Crippen LogP contribution < -0.4 is 0 Å². The fourth-order valence-corrected chi connectivity index (χ4v) is 7.81. The van der Waals surface area contributed by atoms with Crippen LogP contribution in [-0.4, -0.2) is 142 Å². The number of allylic oxidation sites excluding steroid dienone is 8. The molecule has 2 rings (SSSR count). The second-order valence-corrected chi connectivity index (χ2v) is 18.0. The van der Waals surface area contributed by atoms with Gasteiger partial charge in [-0.15, -0.1) is 0 Å². The zero-order valence-electron chi connectivity index (χ0n) is 40.9. The molecule has 0 spiro atoms. The Morgan fingerprint density at radius 2 is 0.940 bits per heavy atom. The number of aliphatic hydroxyl groups is 7. The Morgan fingerprint density at radius 1 is 0.493 bits per heavy atom. The zero-order valence-corrected chi connectivity index (χ0v) is 40.9. The van der Waals surface area contributed by atoms with Gasteiger partial charge in [0.25, 0.3) is 0 Å². The molecule has 2 saturated heterocycles. The number of ether oxygens (including phenoxy) is 6. The SMILES string of the molecule is CC/C=C\C/C=C\C/C=C\CCCCCCCCCC(=O)OC(COC(=O)CCCCCCC/C=C\CCCCCCC)COC1OC(COC2OC(CO)C(O)C(O)C2O)C(O)C(O)C1O. The summed E-state index contributed by atoms with van der Waals surface area (Å²) >= 11 is 0. The van der Waals surface area contributed by atoms with Crippen molar-refractivity contribution in [3.8, 4) is 0 Å². The number of hydrogen-bond acceptors (Lipinski definition) is 15. The van der Waals surface area contributed by atoms with Gasteiger partial charge in [-0.25, -0.2) is 0 Å². The molecule has 2 heterocycles. The topological polar surface area (TPSA) is 231 Å². The standard InChI is InChI=1S/C52H90O15/c1-3-5-7-9-11-13-15-17-19-20-21-23-25-27-29-31-33-35-44(55)65-40(37-62-43(54)34-32-30-28-26-24-22-18-16-14-12-10-8-6-4-2)38-63-51-50(61)48(59)46(57)42(67-51)39-64-52-49(60)47(58)45(56)41(36-53)66-52/h5,7,11,13,16-19,40-42,45-53,56-61H,3-4,6,8-10,12,14-15,20-39H2,1-2H3/b7-5-,13-11-,18-16-,19-17-. The Labute approximate surface area is 401 Å². The number of aliphatic hydroxyl groups excluding tert-OH is 7. The fourth-order valence-electron chi connectivity index (χ4n) is 7.81. The van der Waals surface area contributed by atoms with Crippen molar-refractivity contribution in [1.29, 1.82) is 0 Å². The van der Waals surface area contributed by atoms with Gasteiger partial charge in [-0.3, -0.25) is 9.59 Å². The highest BCUT2D eigenvalue weighted by molar-refractivity contribution is 5.70. The third kappa shape index (κ3) is 27.4. The lowest BCUT2D eigenvalue weighted by molar-refractivity contribution is -0.332. The summed E-state index contributed by atoms with van der Waals surface area (Å²) in [6.45, 7) is 2.45. The van der Waals surface area contributed by atoms with Crippen LogP contribution in [0, 0.1) is 0 Å². The summed E-state index contributed by atoms with van der Waals surface area (Å²) in [6, 6.07) is 0. The van der Waals surface area contributed by atoms with E-state index in [-0.39, 0.29) is 26.1 Å². The molecule has 0 aliphatic carbocycles. The van der Waals surface area contributed by atoms with Gasteiger partial charge in [0.05, 0.1) is 19.8 Å². The average molecular weight is 955 g/mol. The third-order valence-corrected chi connectivity index (χ3v) is 12.0. The predicted octanol–water partition coefficient (Wildman–Crippen LogP) is 7.10. The van der Waals surface area contributed by atoms with Crippen LogP contribution in [0.4, 0.5) is 0 Å². The summed E-state index contributed by atoms with van der Waals surface area (Å²) in [5.41, 5.74) is 0. The van der Waals surface area contributed by atoms with Crippen LogP contribution in [0.5, 0.6) is 0 Å². The second-order valence-electron chi connectivity index (χ2n) is 18.0. The lowest BCUT2D eigenvalue weighted by Gasteiger charge is -2.42. The van der Waals surface area contributed by atoms with Crippen LogP contribution >= 0.6 is 0 Å². The highest BCUT2D eigenvalue weighted by atomic mass is 16.7. The Hall–Kier alpha value is -2.54. The lowest BCUT2D eigenvalue weighted by atomic mass is 9.98. The smallest absolute Gasteiger partial charge is 0.306 e. The van der Waals surface area contributed by atoms with E-state index < -0.39 is 92.7 Å². The van der Waals surface area contributed by atoms with Gasteiger partial charge >= 0.3 is 11.9 Å². The quantitative estimate of drug-likeness (QED) is 0.0185. The number of esters is 2. The van der Waals surface area contributed by atoms with E-state index in [1.54, 1.807) is 0 Å². The van der Waals surface area contributed by atoms with E-state index in [1.807, 2.05) is 0 Å². The maximum atomic E-state index is 13.0. The van der Waals surface area contributed by atoms with Crippen LogP contribution in [-0.2, 0) is 38.0 Å². The van der Waals surface area contributed by atoms with Crippen LogP contribution in [0.2, 0.25) is 0 Å². The van der Waals surface area contributed by atoms with Crippen LogP contribution in [0.1, 0.15) is 174 Å². The van der Waals surface area contributed by atoms with E-state index in [0.717, 1.165) is 103 Å². The van der Waals surface area contributed by atoms with Crippen molar-refractivity contribution in [3.63, 3.8) is 0 Å². The van der Waals surface area contributed by atoms with Crippen molar-refractivity contribution in [1.82, 2.24) is 0 Å². The number of rotatable bonds is 39. The molecular formula is C52H90O15. The summed E-state index contributed by atoms with van der Waals surface area (Å²) in [5.74, 6) is -0.947. The van der Waals surface area contributed by atoms with Crippen molar-refractivity contribution in [2.75, 3.05) is 26.4 Å². The molecule has 0 aromatic heterocycles. The van der Waals surface area contributed by atoms with E-state index in [9.17, 15) is 45.3 Å². The Balaban J connectivity index is 1.82. The molecule has 11 unspecified atom stereocenters. The minimum absolute atomic E-state index is 0.151. The number of carbonyl (C=O) groups is 2. The first-order valence-electron chi connectivity index (χ1n) is 25.7.